The van der Waals surface area contributed by atoms with E-state index in [4.69, 9.17) is 4.89 Å². The molecule has 0 radical (unpaired) electrons. The molecular formula is C10H21O6P. The van der Waals surface area contributed by atoms with Crippen LogP contribution >= 0.6 is 7.82 Å². The minimum atomic E-state index is -3.69. The first kappa shape index (κ1) is 18.7. The van der Waals surface area contributed by atoms with Crippen molar-refractivity contribution >= 4 is 13.8 Å². The molecule has 1 N–H and O–H groups in total. The SMILES string of the molecule is C=CC(=O)OCCC.CCOP(=O)(O)OCC. The molecule has 0 aromatic heterocycles. The van der Waals surface area contributed by atoms with E-state index in [1.165, 1.54) is 0 Å². The minimum absolute atomic E-state index is 0.188. The average Bonchev–Trinajstić information content (AvgIpc) is 2.26. The van der Waals surface area contributed by atoms with Crippen LogP contribution in [0, 0.1) is 0 Å². The molecule has 0 atom stereocenters. The third-order valence-corrected chi connectivity index (χ3v) is 2.37. The molecule has 0 aromatic carbocycles. The number of rotatable bonds is 7. The molecular weight excluding hydrogens is 247 g/mol. The van der Waals surface area contributed by atoms with E-state index < -0.39 is 7.82 Å². The third-order valence-electron chi connectivity index (χ3n) is 1.20. The lowest BCUT2D eigenvalue weighted by atomic mass is 10.5. The van der Waals surface area contributed by atoms with Crippen LogP contribution < -0.4 is 0 Å². The average molecular weight is 268 g/mol. The predicted octanol–water partition coefficient (Wildman–Crippen LogP) is 2.29. The minimum Gasteiger partial charge on any atom is -0.463 e. The molecule has 0 aliphatic carbocycles. The molecule has 0 aliphatic heterocycles. The van der Waals surface area contributed by atoms with Gasteiger partial charge in [0.25, 0.3) is 0 Å². The topological polar surface area (TPSA) is 82.1 Å². The monoisotopic (exact) mass is 268 g/mol. The molecule has 0 fully saturated rings. The standard InChI is InChI=1S/C6H10O2.C4H11O4P/c1-3-5-8-6(7)4-2;1-3-7-9(5,6)8-4-2/h4H,2-3,5H2,1H3;3-4H2,1-2H3,(H,5,6). The molecule has 0 unspecified atom stereocenters. The van der Waals surface area contributed by atoms with Gasteiger partial charge in [0, 0.05) is 6.08 Å². The van der Waals surface area contributed by atoms with Gasteiger partial charge in [0.15, 0.2) is 0 Å². The Kier molecular flexibility index (Phi) is 13.0. The van der Waals surface area contributed by atoms with Crippen LogP contribution in [-0.4, -0.2) is 30.7 Å². The number of ether oxygens (including phenoxy) is 1. The summed E-state index contributed by atoms with van der Waals surface area (Å²) in [7, 11) is -3.69. The Hall–Kier alpha value is -0.680. The molecule has 0 spiro atoms. The molecule has 0 rings (SSSR count). The molecule has 0 saturated carbocycles. The van der Waals surface area contributed by atoms with Crippen molar-refractivity contribution in [2.75, 3.05) is 19.8 Å². The van der Waals surface area contributed by atoms with Gasteiger partial charge in [-0.1, -0.05) is 13.5 Å². The summed E-state index contributed by atoms with van der Waals surface area (Å²) in [5.74, 6) is -0.341. The number of hydrogen-bond donors (Lipinski definition) is 1. The second kappa shape index (κ2) is 11.8. The van der Waals surface area contributed by atoms with Crippen LogP contribution in [0.3, 0.4) is 0 Å². The van der Waals surface area contributed by atoms with Crippen LogP contribution in [0.15, 0.2) is 12.7 Å². The van der Waals surface area contributed by atoms with Gasteiger partial charge in [0.1, 0.15) is 0 Å². The molecule has 0 aromatic rings. The highest BCUT2D eigenvalue weighted by Gasteiger charge is 2.17. The second-order valence-corrected chi connectivity index (χ2v) is 4.13. The van der Waals surface area contributed by atoms with Gasteiger partial charge in [-0.2, -0.15) is 0 Å². The Labute approximate surface area is 102 Å². The van der Waals surface area contributed by atoms with Crippen molar-refractivity contribution in [3.63, 3.8) is 0 Å². The van der Waals surface area contributed by atoms with Gasteiger partial charge in [-0.3, -0.25) is 9.05 Å². The number of carbonyl (C=O) groups is 1. The Bertz CT molecular complexity index is 243. The van der Waals surface area contributed by atoms with Crippen molar-refractivity contribution in [2.45, 2.75) is 27.2 Å². The zero-order chi connectivity index (χ0) is 13.7. The van der Waals surface area contributed by atoms with Crippen molar-refractivity contribution in [1.29, 1.82) is 0 Å². The van der Waals surface area contributed by atoms with Crippen molar-refractivity contribution in [1.82, 2.24) is 0 Å². The fraction of sp³-hybridized carbons (Fsp3) is 0.700. The van der Waals surface area contributed by atoms with E-state index in [1.807, 2.05) is 6.92 Å². The summed E-state index contributed by atoms with van der Waals surface area (Å²) in [6.07, 6.45) is 2.02. The summed E-state index contributed by atoms with van der Waals surface area (Å²) in [5, 5.41) is 0. The summed E-state index contributed by atoms with van der Waals surface area (Å²) in [4.78, 5) is 18.9. The molecule has 0 bridgehead atoms. The summed E-state index contributed by atoms with van der Waals surface area (Å²) in [5.41, 5.74) is 0. The van der Waals surface area contributed by atoms with Crippen molar-refractivity contribution in [2.24, 2.45) is 0 Å². The van der Waals surface area contributed by atoms with E-state index in [-0.39, 0.29) is 19.2 Å². The van der Waals surface area contributed by atoms with Crippen LogP contribution in [0.5, 0.6) is 0 Å². The van der Waals surface area contributed by atoms with E-state index in [1.54, 1.807) is 13.8 Å². The molecule has 0 aliphatic rings. The lowest BCUT2D eigenvalue weighted by Crippen LogP contribution is -1.99. The normalized spacial score (nSPS) is 10.1. The maximum atomic E-state index is 10.5. The van der Waals surface area contributed by atoms with Gasteiger partial charge >= 0.3 is 13.8 Å². The number of carbonyl (C=O) groups excluding carboxylic acids is 1. The molecule has 0 amide bonds. The molecule has 7 heteroatoms. The number of esters is 1. The Morgan fingerprint density at radius 3 is 2.06 bits per heavy atom. The van der Waals surface area contributed by atoms with Crippen molar-refractivity contribution in [3.05, 3.63) is 12.7 Å². The number of hydrogen-bond acceptors (Lipinski definition) is 5. The van der Waals surface area contributed by atoms with Gasteiger partial charge in [-0.25, -0.2) is 9.36 Å². The quantitative estimate of drug-likeness (QED) is 0.433. The molecule has 17 heavy (non-hydrogen) atoms. The molecule has 6 nitrogen and oxygen atoms in total. The van der Waals surface area contributed by atoms with E-state index in [0.29, 0.717) is 6.61 Å². The third kappa shape index (κ3) is 15.3. The largest absolute Gasteiger partial charge is 0.472 e. The summed E-state index contributed by atoms with van der Waals surface area (Å²) in [6, 6.07) is 0. The zero-order valence-corrected chi connectivity index (χ0v) is 11.4. The predicted molar refractivity (Wildman–Crippen MR) is 64.5 cm³/mol. The highest BCUT2D eigenvalue weighted by Crippen LogP contribution is 2.42. The maximum absolute atomic E-state index is 10.5. The van der Waals surface area contributed by atoms with Gasteiger partial charge in [0.05, 0.1) is 19.8 Å². The van der Waals surface area contributed by atoms with E-state index >= 15 is 0 Å². The summed E-state index contributed by atoms with van der Waals surface area (Å²) in [6.45, 7) is 9.30. The van der Waals surface area contributed by atoms with Crippen molar-refractivity contribution < 1.29 is 28.0 Å². The molecule has 102 valence electrons. The van der Waals surface area contributed by atoms with E-state index in [9.17, 15) is 9.36 Å². The van der Waals surface area contributed by atoms with Crippen LogP contribution in [-0.2, 0) is 23.1 Å². The van der Waals surface area contributed by atoms with E-state index in [0.717, 1.165) is 12.5 Å². The fourth-order valence-corrected chi connectivity index (χ4v) is 1.35. The summed E-state index contributed by atoms with van der Waals surface area (Å²) < 4.78 is 23.8. The molecule has 0 heterocycles. The zero-order valence-electron chi connectivity index (χ0n) is 10.5. The Morgan fingerprint density at radius 2 is 1.76 bits per heavy atom. The summed E-state index contributed by atoms with van der Waals surface area (Å²) >= 11 is 0. The van der Waals surface area contributed by atoms with Gasteiger partial charge < -0.3 is 9.63 Å². The fourth-order valence-electron chi connectivity index (χ4n) is 0.625. The second-order valence-electron chi connectivity index (χ2n) is 2.68. The maximum Gasteiger partial charge on any atom is 0.472 e. The van der Waals surface area contributed by atoms with Gasteiger partial charge in [-0.15, -0.1) is 0 Å². The highest BCUT2D eigenvalue weighted by molar-refractivity contribution is 7.47. The Morgan fingerprint density at radius 1 is 1.29 bits per heavy atom. The van der Waals surface area contributed by atoms with Crippen molar-refractivity contribution in [3.8, 4) is 0 Å². The smallest absolute Gasteiger partial charge is 0.463 e. The Balaban J connectivity index is 0. The lowest BCUT2D eigenvalue weighted by molar-refractivity contribution is -0.137. The highest BCUT2D eigenvalue weighted by atomic mass is 31.2. The lowest BCUT2D eigenvalue weighted by Gasteiger charge is -2.07. The van der Waals surface area contributed by atoms with Crippen LogP contribution in [0.2, 0.25) is 0 Å². The first-order valence-electron chi connectivity index (χ1n) is 5.34. The first-order valence-corrected chi connectivity index (χ1v) is 6.84. The first-order chi connectivity index (χ1) is 7.93. The number of phosphoric acid groups is 1. The van der Waals surface area contributed by atoms with E-state index in [2.05, 4.69) is 20.4 Å². The molecule has 0 saturated heterocycles. The number of phosphoric ester groups is 1. The van der Waals surface area contributed by atoms with Gasteiger partial charge in [0.2, 0.25) is 0 Å². The van der Waals surface area contributed by atoms with Gasteiger partial charge in [-0.05, 0) is 20.3 Å². The van der Waals surface area contributed by atoms with Crippen LogP contribution in [0.25, 0.3) is 0 Å². The van der Waals surface area contributed by atoms with Crippen LogP contribution in [0.4, 0.5) is 0 Å². The van der Waals surface area contributed by atoms with Crippen LogP contribution in [0.1, 0.15) is 27.2 Å².